The van der Waals surface area contributed by atoms with Gasteiger partial charge in [-0.25, -0.2) is 10.8 Å². The number of nitriles is 1. The van der Waals surface area contributed by atoms with E-state index in [1.165, 1.54) is 6.20 Å². The maximum atomic E-state index is 13.7. The molecule has 1 aromatic carbocycles. The number of halogens is 1. The smallest absolute Gasteiger partial charge is 0.220 e. The lowest BCUT2D eigenvalue weighted by atomic mass is 10.0. The molecule has 100 valence electrons. The highest BCUT2D eigenvalue weighted by atomic mass is 19.1. The normalized spacial score (nSPS) is 11.4. The second-order valence-electron chi connectivity index (χ2n) is 3.97. The molecular weight excluding hydrogens is 257 g/mol. The molecule has 0 fully saturated rings. The minimum atomic E-state index is -0.565. The van der Waals surface area contributed by atoms with Crippen LogP contribution >= 0.6 is 0 Å². The molecule has 0 radical (unpaired) electrons. The van der Waals surface area contributed by atoms with Crippen molar-refractivity contribution in [2.24, 2.45) is 11.6 Å². The fourth-order valence-corrected chi connectivity index (χ4v) is 1.77. The summed E-state index contributed by atoms with van der Waals surface area (Å²) >= 11 is 0. The molecule has 0 aliphatic carbocycles. The number of benzene rings is 1. The van der Waals surface area contributed by atoms with Crippen LogP contribution < -0.4 is 17.0 Å². The highest BCUT2D eigenvalue weighted by Gasteiger charge is 2.09. The van der Waals surface area contributed by atoms with Crippen LogP contribution in [0.1, 0.15) is 5.56 Å². The van der Waals surface area contributed by atoms with Crippen molar-refractivity contribution >= 4 is 5.70 Å². The summed E-state index contributed by atoms with van der Waals surface area (Å²) in [6, 6.07) is 12.0. The minimum Gasteiger partial charge on any atom is -0.396 e. The first-order valence-electron chi connectivity index (χ1n) is 5.75. The number of nitrogens with one attached hydrogen (secondary N) is 1. The lowest BCUT2D eigenvalue weighted by molar-refractivity contribution is 0.587. The van der Waals surface area contributed by atoms with Crippen molar-refractivity contribution in [3.8, 4) is 17.2 Å². The summed E-state index contributed by atoms with van der Waals surface area (Å²) < 4.78 is 13.7. The molecule has 1 heterocycles. The average Bonchev–Trinajstić information content (AvgIpc) is 2.49. The summed E-state index contributed by atoms with van der Waals surface area (Å²) in [7, 11) is 0. The van der Waals surface area contributed by atoms with E-state index in [1.54, 1.807) is 36.4 Å². The van der Waals surface area contributed by atoms with E-state index in [2.05, 4.69) is 10.4 Å². The number of pyridine rings is 1. The Morgan fingerprint density at radius 3 is 2.75 bits per heavy atom. The van der Waals surface area contributed by atoms with Crippen LogP contribution in [-0.4, -0.2) is 4.98 Å². The molecule has 0 bridgehead atoms. The largest absolute Gasteiger partial charge is 0.396 e. The zero-order valence-corrected chi connectivity index (χ0v) is 10.5. The fourth-order valence-electron chi connectivity index (χ4n) is 1.77. The third-order valence-corrected chi connectivity index (χ3v) is 2.77. The first-order chi connectivity index (χ1) is 9.67. The van der Waals surface area contributed by atoms with Gasteiger partial charge in [-0.1, -0.05) is 18.2 Å². The molecule has 0 aliphatic rings. The molecule has 6 heteroatoms. The zero-order valence-electron chi connectivity index (χ0n) is 10.5. The van der Waals surface area contributed by atoms with Gasteiger partial charge in [0.2, 0.25) is 5.95 Å². The molecule has 0 saturated carbocycles. The van der Waals surface area contributed by atoms with Gasteiger partial charge >= 0.3 is 0 Å². The Labute approximate surface area is 115 Å². The van der Waals surface area contributed by atoms with E-state index in [1.807, 2.05) is 6.07 Å². The van der Waals surface area contributed by atoms with Crippen molar-refractivity contribution in [3.05, 3.63) is 59.8 Å². The van der Waals surface area contributed by atoms with Crippen molar-refractivity contribution in [3.63, 3.8) is 0 Å². The number of rotatable bonds is 3. The number of hydrogen-bond acceptors (Lipinski definition) is 5. The molecular formula is C14H12FN5. The Balaban J connectivity index is 2.52. The van der Waals surface area contributed by atoms with E-state index in [0.717, 1.165) is 0 Å². The molecule has 20 heavy (non-hydrogen) atoms. The third-order valence-electron chi connectivity index (χ3n) is 2.77. The Morgan fingerprint density at radius 2 is 2.10 bits per heavy atom. The van der Waals surface area contributed by atoms with Gasteiger partial charge in [0.05, 0.1) is 5.70 Å². The highest BCUT2D eigenvalue weighted by molar-refractivity contribution is 5.74. The molecule has 2 rings (SSSR count). The standard InChI is InChI=1S/C14H12FN5/c15-14-11(5-2-6-19-14)9-3-1-4-10(7-9)13(17)12(8-16)20-18/h1-7,20H,17-18H2/b13-12-. The van der Waals surface area contributed by atoms with Gasteiger partial charge in [0.25, 0.3) is 0 Å². The van der Waals surface area contributed by atoms with Crippen LogP contribution in [0, 0.1) is 17.3 Å². The predicted molar refractivity (Wildman–Crippen MR) is 73.7 cm³/mol. The SMILES string of the molecule is N#C/C(NN)=C(/N)c1cccc(-c2cccnc2F)c1. The Morgan fingerprint density at radius 1 is 1.30 bits per heavy atom. The van der Waals surface area contributed by atoms with E-state index < -0.39 is 5.95 Å². The first kappa shape index (κ1) is 13.5. The predicted octanol–water partition coefficient (Wildman–Crippen LogP) is 1.50. The van der Waals surface area contributed by atoms with Gasteiger partial charge < -0.3 is 11.2 Å². The molecule has 5 nitrogen and oxygen atoms in total. The lowest BCUT2D eigenvalue weighted by Crippen LogP contribution is -2.23. The molecule has 0 aliphatic heterocycles. The van der Waals surface area contributed by atoms with Crippen molar-refractivity contribution in [2.45, 2.75) is 0 Å². The van der Waals surface area contributed by atoms with E-state index in [9.17, 15) is 4.39 Å². The maximum Gasteiger partial charge on any atom is 0.220 e. The third kappa shape index (κ3) is 2.58. The van der Waals surface area contributed by atoms with Crippen LogP contribution in [0.4, 0.5) is 4.39 Å². The molecule has 0 atom stereocenters. The van der Waals surface area contributed by atoms with Gasteiger partial charge in [-0.2, -0.15) is 9.65 Å². The second-order valence-corrected chi connectivity index (χ2v) is 3.97. The maximum absolute atomic E-state index is 13.7. The van der Waals surface area contributed by atoms with Crippen molar-refractivity contribution < 1.29 is 4.39 Å². The van der Waals surface area contributed by atoms with Crippen LogP contribution in [0.5, 0.6) is 0 Å². The van der Waals surface area contributed by atoms with Gasteiger partial charge in [0.15, 0.2) is 5.70 Å². The minimum absolute atomic E-state index is 0.0498. The summed E-state index contributed by atoms with van der Waals surface area (Å²) in [6.07, 6.45) is 1.38. The fraction of sp³-hybridized carbons (Fsp3) is 0. The van der Waals surface area contributed by atoms with E-state index in [0.29, 0.717) is 16.7 Å². The molecule has 5 N–H and O–H groups in total. The lowest BCUT2D eigenvalue weighted by Gasteiger charge is -2.08. The Hall–Kier alpha value is -2.91. The number of nitrogens with two attached hydrogens (primary N) is 2. The number of hydrogen-bond donors (Lipinski definition) is 3. The molecule has 0 saturated heterocycles. The second kappa shape index (κ2) is 5.82. The van der Waals surface area contributed by atoms with E-state index in [4.69, 9.17) is 16.8 Å². The summed E-state index contributed by atoms with van der Waals surface area (Å²) in [5.41, 5.74) is 9.87. The van der Waals surface area contributed by atoms with Crippen molar-refractivity contribution in [1.82, 2.24) is 10.4 Å². The zero-order chi connectivity index (χ0) is 14.5. The number of aromatic nitrogens is 1. The summed E-state index contributed by atoms with van der Waals surface area (Å²) in [4.78, 5) is 3.60. The van der Waals surface area contributed by atoms with Crippen LogP contribution in [-0.2, 0) is 0 Å². The topological polar surface area (TPSA) is 101 Å². The van der Waals surface area contributed by atoms with Gasteiger partial charge in [-0.15, -0.1) is 0 Å². The van der Waals surface area contributed by atoms with Crippen LogP contribution in [0.2, 0.25) is 0 Å². The molecule has 0 spiro atoms. The average molecular weight is 269 g/mol. The summed E-state index contributed by atoms with van der Waals surface area (Å²) in [5, 5.41) is 8.89. The van der Waals surface area contributed by atoms with Crippen molar-refractivity contribution in [1.29, 1.82) is 5.26 Å². The van der Waals surface area contributed by atoms with Crippen molar-refractivity contribution in [2.75, 3.05) is 0 Å². The quantitative estimate of drug-likeness (QED) is 0.339. The van der Waals surface area contributed by atoms with Crippen LogP contribution in [0.3, 0.4) is 0 Å². The Kier molecular flexibility index (Phi) is 3.93. The van der Waals surface area contributed by atoms with Gasteiger partial charge in [-0.05, 0) is 23.8 Å². The number of hydrazine groups is 1. The molecule has 1 aromatic heterocycles. The molecule has 0 amide bonds. The molecule has 0 unspecified atom stereocenters. The summed E-state index contributed by atoms with van der Waals surface area (Å²) in [6.45, 7) is 0. The summed E-state index contributed by atoms with van der Waals surface area (Å²) in [5.74, 6) is 4.65. The van der Waals surface area contributed by atoms with Crippen LogP contribution in [0.15, 0.2) is 48.3 Å². The van der Waals surface area contributed by atoms with Gasteiger partial charge in [0.1, 0.15) is 6.07 Å². The molecule has 2 aromatic rings. The first-order valence-corrected chi connectivity index (χ1v) is 5.75. The highest BCUT2D eigenvalue weighted by Crippen LogP contribution is 2.24. The number of allylic oxidation sites excluding steroid dienone is 1. The van der Waals surface area contributed by atoms with Crippen LogP contribution in [0.25, 0.3) is 16.8 Å². The van der Waals surface area contributed by atoms with Gasteiger partial charge in [-0.3, -0.25) is 0 Å². The van der Waals surface area contributed by atoms with E-state index in [-0.39, 0.29) is 11.4 Å². The monoisotopic (exact) mass is 269 g/mol. The van der Waals surface area contributed by atoms with Gasteiger partial charge in [0, 0.05) is 17.3 Å². The number of nitrogens with zero attached hydrogens (tertiary/aromatic N) is 2. The van der Waals surface area contributed by atoms with E-state index >= 15 is 0 Å². The Bertz CT molecular complexity index is 703.